The van der Waals surface area contributed by atoms with E-state index in [4.69, 9.17) is 0 Å². The van der Waals surface area contributed by atoms with Gasteiger partial charge in [-0.15, -0.1) is 0 Å². The predicted molar refractivity (Wildman–Crippen MR) is 74.5 cm³/mol. The van der Waals surface area contributed by atoms with Crippen molar-refractivity contribution in [3.8, 4) is 0 Å². The highest BCUT2D eigenvalue weighted by atomic mass is 14.8. The largest absolute Gasteiger partial charge is 0.292 e. The van der Waals surface area contributed by atoms with Gasteiger partial charge in [0.1, 0.15) is 0 Å². The van der Waals surface area contributed by atoms with Crippen LogP contribution in [-0.2, 0) is 0 Å². The van der Waals surface area contributed by atoms with Crippen LogP contribution in [0, 0.1) is 13.8 Å². The highest BCUT2D eigenvalue weighted by Gasteiger charge is 2.03. The van der Waals surface area contributed by atoms with Crippen molar-refractivity contribution in [3.63, 3.8) is 0 Å². The Balaban J connectivity index is 2.03. The first-order valence-corrected chi connectivity index (χ1v) is 6.35. The molecule has 0 saturated heterocycles. The molecule has 1 aliphatic rings. The number of hydrogen-bond donors (Lipinski definition) is 0. The highest BCUT2D eigenvalue weighted by Crippen LogP contribution is 2.11. The summed E-state index contributed by atoms with van der Waals surface area (Å²) in [6.45, 7) is 6.03. The quantitative estimate of drug-likeness (QED) is 0.709. The fourth-order valence-electron chi connectivity index (χ4n) is 2.16. The lowest BCUT2D eigenvalue weighted by molar-refractivity contribution is 0.731. The number of aliphatic imine (C=N–C) groups is 2. The van der Waals surface area contributed by atoms with Gasteiger partial charge in [0.25, 0.3) is 0 Å². The average molecular weight is 228 g/mol. The summed E-state index contributed by atoms with van der Waals surface area (Å²) in [7, 11) is 0. The lowest BCUT2D eigenvalue weighted by Crippen LogP contribution is -2.09. The van der Waals surface area contributed by atoms with E-state index in [1.54, 1.807) is 0 Å². The van der Waals surface area contributed by atoms with Gasteiger partial charge in [-0.2, -0.15) is 0 Å². The smallest absolute Gasteiger partial charge is 0.0768 e. The molecule has 1 aliphatic heterocycles. The first kappa shape index (κ1) is 12.0. The van der Waals surface area contributed by atoms with Crippen LogP contribution in [-0.4, -0.2) is 25.0 Å². The van der Waals surface area contributed by atoms with E-state index >= 15 is 0 Å². The van der Waals surface area contributed by atoms with Gasteiger partial charge in [-0.3, -0.25) is 9.98 Å². The van der Waals surface area contributed by atoms with Crippen LogP contribution in [0.25, 0.3) is 0 Å². The molecule has 17 heavy (non-hydrogen) atoms. The van der Waals surface area contributed by atoms with Gasteiger partial charge in [0.2, 0.25) is 0 Å². The van der Waals surface area contributed by atoms with E-state index in [1.165, 1.54) is 35.2 Å². The standard InChI is InChI=1S/C15H20N2/c1-12-6-5-7-13(2)15(12)11-16-10-14-8-3-4-9-17-14/h5-7,11H,3-4,8-10H2,1-2H3. The summed E-state index contributed by atoms with van der Waals surface area (Å²) in [5, 5.41) is 0. The Morgan fingerprint density at radius 1 is 1.24 bits per heavy atom. The molecule has 0 spiro atoms. The summed E-state index contributed by atoms with van der Waals surface area (Å²) in [5.74, 6) is 0. The van der Waals surface area contributed by atoms with E-state index in [1.807, 2.05) is 6.21 Å². The molecule has 2 rings (SSSR count). The highest BCUT2D eigenvalue weighted by molar-refractivity contribution is 5.90. The van der Waals surface area contributed by atoms with E-state index in [0.717, 1.165) is 19.5 Å². The molecule has 2 heteroatoms. The van der Waals surface area contributed by atoms with Crippen LogP contribution >= 0.6 is 0 Å². The molecule has 0 aliphatic carbocycles. The molecule has 0 fully saturated rings. The third-order valence-electron chi connectivity index (χ3n) is 3.25. The molecule has 0 unspecified atom stereocenters. The molecule has 1 aromatic rings. The Hall–Kier alpha value is -1.44. The van der Waals surface area contributed by atoms with E-state index in [-0.39, 0.29) is 0 Å². The van der Waals surface area contributed by atoms with Gasteiger partial charge in [-0.1, -0.05) is 18.2 Å². The van der Waals surface area contributed by atoms with Crippen LogP contribution in [0.15, 0.2) is 28.2 Å². The zero-order valence-corrected chi connectivity index (χ0v) is 10.7. The second kappa shape index (κ2) is 5.76. The van der Waals surface area contributed by atoms with Crippen LogP contribution in [0.1, 0.15) is 36.0 Å². The third-order valence-corrected chi connectivity index (χ3v) is 3.25. The van der Waals surface area contributed by atoms with Gasteiger partial charge in [0.15, 0.2) is 0 Å². The van der Waals surface area contributed by atoms with Crippen LogP contribution in [0.2, 0.25) is 0 Å². The lowest BCUT2D eigenvalue weighted by Gasteiger charge is -2.09. The van der Waals surface area contributed by atoms with E-state index in [2.05, 4.69) is 42.0 Å². The Morgan fingerprint density at radius 2 is 2.00 bits per heavy atom. The van der Waals surface area contributed by atoms with Crippen molar-refractivity contribution in [2.45, 2.75) is 33.1 Å². The normalized spacial score (nSPS) is 16.2. The predicted octanol–water partition coefficient (Wildman–Crippen LogP) is 3.35. The zero-order valence-electron chi connectivity index (χ0n) is 10.7. The molecule has 0 radical (unpaired) electrons. The molecule has 0 saturated carbocycles. The number of hydrogen-bond acceptors (Lipinski definition) is 2. The molecular weight excluding hydrogens is 208 g/mol. The fraction of sp³-hybridized carbons (Fsp3) is 0.467. The number of aryl methyl sites for hydroxylation is 2. The molecule has 0 atom stereocenters. The molecule has 0 N–H and O–H groups in total. The van der Waals surface area contributed by atoms with Crippen LogP contribution in [0.4, 0.5) is 0 Å². The first-order valence-electron chi connectivity index (χ1n) is 6.35. The molecule has 0 amide bonds. The van der Waals surface area contributed by atoms with Crippen LogP contribution in [0.5, 0.6) is 0 Å². The SMILES string of the molecule is Cc1cccc(C)c1C=NCC1=NCCCC1. The van der Waals surface area contributed by atoms with Gasteiger partial charge in [-0.05, 0) is 49.8 Å². The van der Waals surface area contributed by atoms with Crippen molar-refractivity contribution in [2.24, 2.45) is 9.98 Å². The maximum absolute atomic E-state index is 4.53. The molecular formula is C15H20N2. The van der Waals surface area contributed by atoms with Crippen molar-refractivity contribution in [2.75, 3.05) is 13.1 Å². The Morgan fingerprint density at radius 3 is 2.65 bits per heavy atom. The van der Waals surface area contributed by atoms with Crippen molar-refractivity contribution in [1.82, 2.24) is 0 Å². The summed E-state index contributed by atoms with van der Waals surface area (Å²) >= 11 is 0. The van der Waals surface area contributed by atoms with Crippen molar-refractivity contribution < 1.29 is 0 Å². The number of nitrogens with zero attached hydrogens (tertiary/aromatic N) is 2. The second-order valence-electron chi connectivity index (χ2n) is 4.68. The van der Waals surface area contributed by atoms with Gasteiger partial charge >= 0.3 is 0 Å². The van der Waals surface area contributed by atoms with Gasteiger partial charge in [0.05, 0.1) is 6.54 Å². The maximum atomic E-state index is 4.53. The Kier molecular flexibility index (Phi) is 4.08. The average Bonchev–Trinajstić information content (AvgIpc) is 2.34. The summed E-state index contributed by atoms with van der Waals surface area (Å²) in [4.78, 5) is 9.04. The summed E-state index contributed by atoms with van der Waals surface area (Å²) < 4.78 is 0. The van der Waals surface area contributed by atoms with E-state index in [0.29, 0.717) is 0 Å². The molecule has 0 aromatic heterocycles. The van der Waals surface area contributed by atoms with Crippen LogP contribution < -0.4 is 0 Å². The molecule has 0 bridgehead atoms. The molecule has 1 aromatic carbocycles. The summed E-state index contributed by atoms with van der Waals surface area (Å²) in [6.07, 6.45) is 5.65. The molecule has 2 nitrogen and oxygen atoms in total. The van der Waals surface area contributed by atoms with Gasteiger partial charge in [0, 0.05) is 18.5 Å². The second-order valence-corrected chi connectivity index (χ2v) is 4.68. The van der Waals surface area contributed by atoms with E-state index < -0.39 is 0 Å². The van der Waals surface area contributed by atoms with Crippen LogP contribution in [0.3, 0.4) is 0 Å². The van der Waals surface area contributed by atoms with E-state index in [9.17, 15) is 0 Å². The summed E-state index contributed by atoms with van der Waals surface area (Å²) in [6, 6.07) is 6.35. The minimum absolute atomic E-state index is 0.772. The fourth-order valence-corrected chi connectivity index (χ4v) is 2.16. The first-order chi connectivity index (χ1) is 8.27. The van der Waals surface area contributed by atoms with Gasteiger partial charge in [-0.25, -0.2) is 0 Å². The minimum atomic E-state index is 0.772. The van der Waals surface area contributed by atoms with Crippen molar-refractivity contribution in [1.29, 1.82) is 0 Å². The maximum Gasteiger partial charge on any atom is 0.0768 e. The minimum Gasteiger partial charge on any atom is -0.292 e. The van der Waals surface area contributed by atoms with Crippen molar-refractivity contribution >= 4 is 11.9 Å². The van der Waals surface area contributed by atoms with Gasteiger partial charge < -0.3 is 0 Å². The van der Waals surface area contributed by atoms with Crippen molar-refractivity contribution in [3.05, 3.63) is 34.9 Å². The third kappa shape index (κ3) is 3.26. The monoisotopic (exact) mass is 228 g/mol. The summed E-state index contributed by atoms with van der Waals surface area (Å²) in [5.41, 5.74) is 5.10. The topological polar surface area (TPSA) is 24.7 Å². The Labute approximate surface area is 104 Å². The molecule has 1 heterocycles. The zero-order chi connectivity index (χ0) is 12.1. The number of rotatable bonds is 3. The number of benzene rings is 1. The molecule has 90 valence electrons. The Bertz CT molecular complexity index is 424. The lowest BCUT2D eigenvalue weighted by atomic mass is 10.0.